The van der Waals surface area contributed by atoms with Crippen LogP contribution in [0.3, 0.4) is 0 Å². The Hall–Kier alpha value is -1.23. The number of hydrogen-bond donors (Lipinski definition) is 1. The molecule has 0 bridgehead atoms. The van der Waals surface area contributed by atoms with Gasteiger partial charge in [0, 0.05) is 22.6 Å². The normalized spacial score (nSPS) is 12.7. The Morgan fingerprint density at radius 1 is 1.10 bits per heavy atom. The summed E-state index contributed by atoms with van der Waals surface area (Å²) in [6, 6.07) is 11.8. The van der Waals surface area contributed by atoms with Crippen molar-refractivity contribution in [1.29, 1.82) is 0 Å². The number of rotatable bonds is 4. The lowest BCUT2D eigenvalue weighted by Crippen LogP contribution is -2.13. The largest absolute Gasteiger partial charge is 0.454 e. The summed E-state index contributed by atoms with van der Waals surface area (Å²) in [5.74, 6) is 1.59. The Labute approximate surface area is 131 Å². The summed E-state index contributed by atoms with van der Waals surface area (Å²) in [4.78, 5) is 0. The van der Waals surface area contributed by atoms with Gasteiger partial charge in [-0.1, -0.05) is 39.7 Å². The highest BCUT2D eigenvalue weighted by atomic mass is 79.9. The van der Waals surface area contributed by atoms with Gasteiger partial charge in [0.05, 0.1) is 0 Å². The fraction of sp³-hybridized carbons (Fsp3) is 0.200. The molecule has 0 radical (unpaired) electrons. The molecule has 3 nitrogen and oxygen atoms in total. The third-order valence-corrected chi connectivity index (χ3v) is 4.05. The number of halogens is 2. The van der Waals surface area contributed by atoms with E-state index in [9.17, 15) is 0 Å². The van der Waals surface area contributed by atoms with Crippen LogP contribution in [0.1, 0.15) is 11.1 Å². The zero-order valence-corrected chi connectivity index (χ0v) is 13.0. The number of nitrogens with one attached hydrogen (secondary N) is 1. The molecule has 2 aromatic rings. The Morgan fingerprint density at radius 2 is 1.90 bits per heavy atom. The molecule has 5 heteroatoms. The maximum absolute atomic E-state index is 5.96. The summed E-state index contributed by atoms with van der Waals surface area (Å²) < 4.78 is 11.7. The molecule has 1 aliphatic heterocycles. The van der Waals surface area contributed by atoms with Crippen molar-refractivity contribution in [3.8, 4) is 11.5 Å². The Bertz CT molecular complexity index is 633. The molecule has 0 atom stereocenters. The first-order valence-electron chi connectivity index (χ1n) is 6.25. The second-order valence-electron chi connectivity index (χ2n) is 4.53. The monoisotopic (exact) mass is 353 g/mol. The molecule has 0 saturated heterocycles. The summed E-state index contributed by atoms with van der Waals surface area (Å²) in [5, 5.41) is 4.15. The van der Waals surface area contributed by atoms with Gasteiger partial charge in [-0.2, -0.15) is 0 Å². The third-order valence-electron chi connectivity index (χ3n) is 3.08. The van der Waals surface area contributed by atoms with Crippen molar-refractivity contribution in [2.45, 2.75) is 13.1 Å². The van der Waals surface area contributed by atoms with Crippen LogP contribution in [0, 0.1) is 0 Å². The lowest BCUT2D eigenvalue weighted by atomic mass is 10.2. The van der Waals surface area contributed by atoms with Crippen LogP contribution in [0.4, 0.5) is 0 Å². The number of ether oxygens (including phenoxy) is 2. The summed E-state index contributed by atoms with van der Waals surface area (Å²) in [7, 11) is 0. The van der Waals surface area contributed by atoms with Crippen LogP contribution in [0.2, 0.25) is 5.02 Å². The van der Waals surface area contributed by atoms with Gasteiger partial charge in [-0.3, -0.25) is 0 Å². The maximum Gasteiger partial charge on any atom is 0.231 e. The van der Waals surface area contributed by atoms with E-state index in [1.54, 1.807) is 0 Å². The Kier molecular flexibility index (Phi) is 4.15. The fourth-order valence-corrected chi connectivity index (χ4v) is 2.76. The topological polar surface area (TPSA) is 30.5 Å². The molecule has 104 valence electrons. The second-order valence-corrected chi connectivity index (χ2v) is 5.82. The molecule has 0 spiro atoms. The highest BCUT2D eigenvalue weighted by molar-refractivity contribution is 9.10. The van der Waals surface area contributed by atoms with Crippen molar-refractivity contribution in [2.24, 2.45) is 0 Å². The van der Waals surface area contributed by atoms with Gasteiger partial charge in [0.15, 0.2) is 11.5 Å². The minimum atomic E-state index is 0.293. The molecule has 0 fully saturated rings. The highest BCUT2D eigenvalue weighted by Crippen LogP contribution is 2.36. The van der Waals surface area contributed by atoms with E-state index in [0.717, 1.165) is 45.2 Å². The molecule has 0 unspecified atom stereocenters. The lowest BCUT2D eigenvalue weighted by Gasteiger charge is -2.08. The van der Waals surface area contributed by atoms with E-state index < -0.39 is 0 Å². The number of benzene rings is 2. The number of hydrogen-bond acceptors (Lipinski definition) is 3. The summed E-state index contributed by atoms with van der Waals surface area (Å²) in [6.45, 7) is 1.80. The first-order chi connectivity index (χ1) is 9.72. The van der Waals surface area contributed by atoms with E-state index in [1.807, 2.05) is 36.4 Å². The molecule has 0 amide bonds. The van der Waals surface area contributed by atoms with Crippen molar-refractivity contribution < 1.29 is 9.47 Å². The van der Waals surface area contributed by atoms with Gasteiger partial charge in [-0.05, 0) is 35.4 Å². The van der Waals surface area contributed by atoms with E-state index in [1.165, 1.54) is 0 Å². The zero-order valence-electron chi connectivity index (χ0n) is 10.7. The van der Waals surface area contributed by atoms with E-state index in [2.05, 4.69) is 21.2 Å². The molecule has 0 aromatic heterocycles. The summed E-state index contributed by atoms with van der Waals surface area (Å²) in [6.07, 6.45) is 0. The minimum absolute atomic E-state index is 0.293. The van der Waals surface area contributed by atoms with Gasteiger partial charge < -0.3 is 14.8 Å². The Morgan fingerprint density at radius 3 is 2.70 bits per heavy atom. The molecule has 1 aliphatic rings. The Balaban J connectivity index is 1.64. The predicted molar refractivity (Wildman–Crippen MR) is 82.3 cm³/mol. The summed E-state index contributed by atoms with van der Waals surface area (Å²) >= 11 is 9.52. The first-order valence-corrected chi connectivity index (χ1v) is 7.42. The SMILES string of the molecule is Clc1cccc(CNCc2cc3c(cc2Br)OCO3)c1. The zero-order chi connectivity index (χ0) is 13.9. The second kappa shape index (κ2) is 6.04. The average Bonchev–Trinajstić information content (AvgIpc) is 2.86. The van der Waals surface area contributed by atoms with Crippen LogP contribution in [0.15, 0.2) is 40.9 Å². The van der Waals surface area contributed by atoms with Gasteiger partial charge >= 0.3 is 0 Å². The van der Waals surface area contributed by atoms with Crippen LogP contribution >= 0.6 is 27.5 Å². The van der Waals surface area contributed by atoms with Crippen molar-refractivity contribution in [3.63, 3.8) is 0 Å². The fourth-order valence-electron chi connectivity index (χ4n) is 2.08. The van der Waals surface area contributed by atoms with Gasteiger partial charge in [-0.25, -0.2) is 0 Å². The molecular weight excluding hydrogens is 342 g/mol. The third kappa shape index (κ3) is 3.08. The van der Waals surface area contributed by atoms with Crippen molar-refractivity contribution >= 4 is 27.5 Å². The standard InChI is InChI=1S/C15H13BrClNO2/c16-13-6-15-14(19-9-20-15)5-11(13)8-18-7-10-2-1-3-12(17)4-10/h1-6,18H,7-9H2. The molecule has 1 N–H and O–H groups in total. The van der Waals surface area contributed by atoms with Gasteiger partial charge in [0.25, 0.3) is 0 Å². The molecule has 0 saturated carbocycles. The highest BCUT2D eigenvalue weighted by Gasteiger charge is 2.15. The smallest absolute Gasteiger partial charge is 0.231 e. The average molecular weight is 355 g/mol. The van der Waals surface area contributed by atoms with Crippen LogP contribution in [0.25, 0.3) is 0 Å². The van der Waals surface area contributed by atoms with Crippen LogP contribution in [-0.2, 0) is 13.1 Å². The molecule has 1 heterocycles. The van der Waals surface area contributed by atoms with Gasteiger partial charge in [0.2, 0.25) is 6.79 Å². The lowest BCUT2D eigenvalue weighted by molar-refractivity contribution is 0.174. The predicted octanol–water partition coefficient (Wildman–Crippen LogP) is 4.12. The molecule has 2 aromatic carbocycles. The molecule has 3 rings (SSSR count). The van der Waals surface area contributed by atoms with E-state index >= 15 is 0 Å². The van der Waals surface area contributed by atoms with Crippen LogP contribution < -0.4 is 14.8 Å². The summed E-state index contributed by atoms with van der Waals surface area (Å²) in [5.41, 5.74) is 2.30. The van der Waals surface area contributed by atoms with E-state index in [4.69, 9.17) is 21.1 Å². The van der Waals surface area contributed by atoms with Gasteiger partial charge in [-0.15, -0.1) is 0 Å². The van der Waals surface area contributed by atoms with Crippen molar-refractivity contribution in [3.05, 3.63) is 57.0 Å². The van der Waals surface area contributed by atoms with Crippen molar-refractivity contribution in [1.82, 2.24) is 5.32 Å². The van der Waals surface area contributed by atoms with Crippen molar-refractivity contribution in [2.75, 3.05) is 6.79 Å². The molecular formula is C15H13BrClNO2. The van der Waals surface area contributed by atoms with E-state index in [-0.39, 0.29) is 0 Å². The molecule has 0 aliphatic carbocycles. The number of fused-ring (bicyclic) bond motifs is 1. The first kappa shape index (κ1) is 13.7. The van der Waals surface area contributed by atoms with Crippen LogP contribution in [0.5, 0.6) is 11.5 Å². The molecule has 20 heavy (non-hydrogen) atoms. The van der Waals surface area contributed by atoms with Gasteiger partial charge in [0.1, 0.15) is 0 Å². The van der Waals surface area contributed by atoms with Crippen LogP contribution in [-0.4, -0.2) is 6.79 Å². The minimum Gasteiger partial charge on any atom is -0.454 e. The quantitative estimate of drug-likeness (QED) is 0.896. The maximum atomic E-state index is 5.96. The van der Waals surface area contributed by atoms with E-state index in [0.29, 0.717) is 6.79 Å².